The summed E-state index contributed by atoms with van der Waals surface area (Å²) in [5.41, 5.74) is 0.952. The molecule has 4 heteroatoms. The molecule has 14 heavy (non-hydrogen) atoms. The van der Waals surface area contributed by atoms with Gasteiger partial charge in [-0.3, -0.25) is 14.9 Å². The molecule has 0 heterocycles. The average molecular weight is 193 g/mol. The molecular formula is C10H11NO3. The van der Waals surface area contributed by atoms with Crippen LogP contribution in [0.4, 0.5) is 0 Å². The molecule has 0 aliphatic heterocycles. The molecule has 1 rings (SSSR count). The van der Waals surface area contributed by atoms with Crippen molar-refractivity contribution in [1.29, 1.82) is 0 Å². The van der Waals surface area contributed by atoms with Crippen LogP contribution in [0.25, 0.3) is 0 Å². The number of hydrogen-bond acceptors (Lipinski definition) is 3. The van der Waals surface area contributed by atoms with Crippen LogP contribution in [0.1, 0.15) is 22.8 Å². The van der Waals surface area contributed by atoms with Gasteiger partial charge in [-0.1, -0.05) is 6.07 Å². The molecule has 74 valence electrons. The van der Waals surface area contributed by atoms with E-state index in [2.05, 4.69) is 5.32 Å². The van der Waals surface area contributed by atoms with Crippen LogP contribution in [-0.4, -0.2) is 16.9 Å². The monoisotopic (exact) mass is 193 g/mol. The average Bonchev–Trinajstić information content (AvgIpc) is 2.01. The first-order valence-corrected chi connectivity index (χ1v) is 4.12. The van der Waals surface area contributed by atoms with Gasteiger partial charge in [0.25, 0.3) is 5.91 Å². The van der Waals surface area contributed by atoms with Gasteiger partial charge < -0.3 is 5.11 Å². The quantitative estimate of drug-likeness (QED) is 0.698. The van der Waals surface area contributed by atoms with E-state index in [9.17, 15) is 14.7 Å². The van der Waals surface area contributed by atoms with Gasteiger partial charge in [-0.15, -0.1) is 0 Å². The highest BCUT2D eigenvalue weighted by atomic mass is 16.3. The summed E-state index contributed by atoms with van der Waals surface area (Å²) in [7, 11) is 0. The number of aromatic hydroxyl groups is 1. The van der Waals surface area contributed by atoms with E-state index >= 15 is 0 Å². The number of imide groups is 1. The molecule has 2 N–H and O–H groups in total. The molecule has 0 spiro atoms. The molecular weight excluding hydrogens is 182 g/mol. The number of rotatable bonds is 1. The molecule has 0 radical (unpaired) electrons. The van der Waals surface area contributed by atoms with Crippen LogP contribution >= 0.6 is 0 Å². The van der Waals surface area contributed by atoms with Crippen LogP contribution in [0.3, 0.4) is 0 Å². The first-order chi connectivity index (χ1) is 6.50. The predicted molar refractivity (Wildman–Crippen MR) is 51.0 cm³/mol. The Hall–Kier alpha value is -1.84. The minimum absolute atomic E-state index is 0.103. The normalized spacial score (nSPS) is 9.57. The Labute approximate surface area is 81.6 Å². The lowest BCUT2D eigenvalue weighted by molar-refractivity contribution is -0.118. The maximum absolute atomic E-state index is 11.3. The highest BCUT2D eigenvalue weighted by Crippen LogP contribution is 2.17. The molecule has 0 fully saturated rings. The van der Waals surface area contributed by atoms with Crippen LogP contribution in [0.2, 0.25) is 0 Å². The molecule has 0 saturated heterocycles. The lowest BCUT2D eigenvalue weighted by Crippen LogP contribution is -2.27. The summed E-state index contributed by atoms with van der Waals surface area (Å²) >= 11 is 0. The highest BCUT2D eigenvalue weighted by molar-refractivity contribution is 6.05. The fraction of sp³-hybridized carbons (Fsp3) is 0.200. The smallest absolute Gasteiger partial charge is 0.261 e. The van der Waals surface area contributed by atoms with Gasteiger partial charge in [0.15, 0.2) is 0 Å². The van der Waals surface area contributed by atoms with Crippen LogP contribution in [0.15, 0.2) is 18.2 Å². The van der Waals surface area contributed by atoms with Gasteiger partial charge in [-0.05, 0) is 24.6 Å². The molecule has 0 aromatic heterocycles. The topological polar surface area (TPSA) is 66.4 Å². The molecule has 2 amide bonds. The van der Waals surface area contributed by atoms with Gasteiger partial charge in [0.05, 0.1) is 5.56 Å². The number of phenols is 1. The summed E-state index contributed by atoms with van der Waals surface area (Å²) in [4.78, 5) is 21.9. The second-order valence-corrected chi connectivity index (χ2v) is 3.03. The van der Waals surface area contributed by atoms with E-state index in [0.29, 0.717) is 0 Å². The number of hydrogen-bond donors (Lipinski definition) is 2. The molecule has 1 aromatic carbocycles. The SMILES string of the molecule is CC(=O)NC(=O)c1ccc(C)cc1O. The number of benzene rings is 1. The van der Waals surface area contributed by atoms with Crippen molar-refractivity contribution in [2.45, 2.75) is 13.8 Å². The van der Waals surface area contributed by atoms with Crippen LogP contribution in [-0.2, 0) is 4.79 Å². The lowest BCUT2D eigenvalue weighted by atomic mass is 10.1. The standard InChI is InChI=1S/C10H11NO3/c1-6-3-4-8(9(13)5-6)10(14)11-7(2)12/h3-5,13H,1-2H3,(H,11,12,14). The zero-order valence-corrected chi connectivity index (χ0v) is 8.00. The second-order valence-electron chi connectivity index (χ2n) is 3.03. The lowest BCUT2D eigenvalue weighted by Gasteiger charge is -2.04. The third-order valence-corrected chi connectivity index (χ3v) is 1.69. The van der Waals surface area contributed by atoms with E-state index in [1.165, 1.54) is 19.1 Å². The van der Waals surface area contributed by atoms with Crippen molar-refractivity contribution >= 4 is 11.8 Å². The summed E-state index contributed by atoms with van der Waals surface area (Å²) in [6, 6.07) is 4.63. The van der Waals surface area contributed by atoms with E-state index in [-0.39, 0.29) is 11.3 Å². The van der Waals surface area contributed by atoms with Gasteiger partial charge in [0.2, 0.25) is 5.91 Å². The molecule has 0 aliphatic carbocycles. The maximum atomic E-state index is 11.3. The summed E-state index contributed by atoms with van der Waals surface area (Å²) in [6.07, 6.45) is 0. The van der Waals surface area contributed by atoms with Crippen molar-refractivity contribution in [3.05, 3.63) is 29.3 Å². The van der Waals surface area contributed by atoms with E-state index in [1.54, 1.807) is 13.0 Å². The fourth-order valence-electron chi connectivity index (χ4n) is 1.06. The zero-order chi connectivity index (χ0) is 10.7. The molecule has 0 aliphatic rings. The number of nitrogens with one attached hydrogen (secondary N) is 1. The number of carbonyl (C=O) groups excluding carboxylic acids is 2. The van der Waals surface area contributed by atoms with Gasteiger partial charge in [0.1, 0.15) is 5.75 Å². The molecule has 0 atom stereocenters. The van der Waals surface area contributed by atoms with Gasteiger partial charge in [-0.25, -0.2) is 0 Å². The summed E-state index contributed by atoms with van der Waals surface area (Å²) in [6.45, 7) is 3.04. The van der Waals surface area contributed by atoms with Crippen LogP contribution < -0.4 is 5.32 Å². The molecule has 1 aromatic rings. The van der Waals surface area contributed by atoms with E-state index in [4.69, 9.17) is 0 Å². The number of carbonyl (C=O) groups is 2. The van der Waals surface area contributed by atoms with E-state index in [0.717, 1.165) is 5.56 Å². The third kappa shape index (κ3) is 2.32. The summed E-state index contributed by atoms with van der Waals surface area (Å²) < 4.78 is 0. The third-order valence-electron chi connectivity index (χ3n) is 1.69. The molecule has 4 nitrogen and oxygen atoms in total. The van der Waals surface area contributed by atoms with Gasteiger partial charge >= 0.3 is 0 Å². The predicted octanol–water partition coefficient (Wildman–Crippen LogP) is 0.977. The van der Waals surface area contributed by atoms with Crippen molar-refractivity contribution in [3.8, 4) is 5.75 Å². The van der Waals surface area contributed by atoms with Crippen LogP contribution in [0, 0.1) is 6.92 Å². The van der Waals surface area contributed by atoms with Crippen LogP contribution in [0.5, 0.6) is 5.75 Å². The van der Waals surface area contributed by atoms with Crippen molar-refractivity contribution in [2.75, 3.05) is 0 Å². The minimum atomic E-state index is -0.588. The number of aryl methyl sites for hydroxylation is 1. The van der Waals surface area contributed by atoms with Crippen molar-refractivity contribution in [2.24, 2.45) is 0 Å². The maximum Gasteiger partial charge on any atom is 0.261 e. The van der Waals surface area contributed by atoms with Crippen molar-refractivity contribution in [1.82, 2.24) is 5.32 Å². The van der Waals surface area contributed by atoms with Gasteiger partial charge in [-0.2, -0.15) is 0 Å². The molecule has 0 bridgehead atoms. The number of phenolic OH excluding ortho intramolecular Hbond substituents is 1. The second kappa shape index (κ2) is 3.91. The Balaban J connectivity index is 2.96. The highest BCUT2D eigenvalue weighted by Gasteiger charge is 2.11. The van der Waals surface area contributed by atoms with Crippen molar-refractivity contribution < 1.29 is 14.7 Å². The van der Waals surface area contributed by atoms with E-state index in [1.807, 2.05) is 0 Å². The first kappa shape index (κ1) is 10.2. The summed E-state index contributed by atoms with van der Waals surface area (Å²) in [5.74, 6) is -1.16. The Kier molecular flexibility index (Phi) is 2.86. The Morgan fingerprint density at radius 1 is 1.36 bits per heavy atom. The summed E-state index contributed by atoms with van der Waals surface area (Å²) in [5, 5.41) is 11.5. The Morgan fingerprint density at radius 3 is 2.50 bits per heavy atom. The van der Waals surface area contributed by atoms with Gasteiger partial charge in [0, 0.05) is 6.92 Å². The van der Waals surface area contributed by atoms with E-state index < -0.39 is 11.8 Å². The largest absolute Gasteiger partial charge is 0.507 e. The first-order valence-electron chi connectivity index (χ1n) is 4.12. The Bertz CT molecular complexity index is 385. The fourth-order valence-corrected chi connectivity index (χ4v) is 1.06. The molecule has 0 saturated carbocycles. The number of amides is 2. The van der Waals surface area contributed by atoms with Crippen molar-refractivity contribution in [3.63, 3.8) is 0 Å². The minimum Gasteiger partial charge on any atom is -0.507 e. The molecule has 0 unspecified atom stereocenters. The zero-order valence-electron chi connectivity index (χ0n) is 8.00. The Morgan fingerprint density at radius 2 is 2.00 bits per heavy atom.